The Hall–Kier alpha value is -3.13. The van der Waals surface area contributed by atoms with Crippen LogP contribution in [0.15, 0.2) is 49.2 Å². The van der Waals surface area contributed by atoms with Crippen LogP contribution < -0.4 is 5.32 Å². The number of amides is 1. The van der Waals surface area contributed by atoms with Crippen LogP contribution in [0.1, 0.15) is 40.6 Å². The molecular formula is C19H21N7O. The molecule has 0 aromatic carbocycles. The molecule has 3 aromatic rings. The third-order valence-corrected chi connectivity index (χ3v) is 4.66. The molecule has 1 aliphatic heterocycles. The Balaban J connectivity index is 1.50. The van der Waals surface area contributed by atoms with Crippen molar-refractivity contribution in [2.75, 3.05) is 11.9 Å². The number of pyridine rings is 1. The van der Waals surface area contributed by atoms with Crippen molar-refractivity contribution in [1.29, 1.82) is 0 Å². The molecule has 0 bridgehead atoms. The second kappa shape index (κ2) is 7.63. The molecule has 8 heteroatoms. The van der Waals surface area contributed by atoms with Crippen molar-refractivity contribution in [2.24, 2.45) is 7.05 Å². The van der Waals surface area contributed by atoms with Crippen LogP contribution in [0, 0.1) is 0 Å². The van der Waals surface area contributed by atoms with E-state index in [1.54, 1.807) is 12.3 Å². The van der Waals surface area contributed by atoms with Crippen molar-refractivity contribution < 1.29 is 4.79 Å². The first-order chi connectivity index (χ1) is 13.2. The zero-order chi connectivity index (χ0) is 18.6. The van der Waals surface area contributed by atoms with Gasteiger partial charge in [0, 0.05) is 37.7 Å². The van der Waals surface area contributed by atoms with E-state index in [4.69, 9.17) is 0 Å². The molecule has 1 N–H and O–H groups in total. The molecule has 1 fully saturated rings. The maximum Gasteiger partial charge on any atom is 0.275 e. The monoisotopic (exact) mass is 363 g/mol. The van der Waals surface area contributed by atoms with Gasteiger partial charge in [-0.15, -0.1) is 0 Å². The van der Waals surface area contributed by atoms with Gasteiger partial charge in [-0.1, -0.05) is 6.07 Å². The first-order valence-electron chi connectivity index (χ1n) is 8.95. The van der Waals surface area contributed by atoms with Crippen LogP contribution in [0.25, 0.3) is 0 Å². The molecule has 8 nitrogen and oxygen atoms in total. The normalized spacial score (nSPS) is 17.1. The van der Waals surface area contributed by atoms with Gasteiger partial charge in [0.2, 0.25) is 0 Å². The first-order valence-corrected chi connectivity index (χ1v) is 8.95. The smallest absolute Gasteiger partial charge is 0.275 e. The Morgan fingerprint density at radius 1 is 1.30 bits per heavy atom. The largest absolute Gasteiger partial charge is 0.304 e. The lowest BCUT2D eigenvalue weighted by Gasteiger charge is -2.23. The van der Waals surface area contributed by atoms with E-state index in [-0.39, 0.29) is 11.9 Å². The lowest BCUT2D eigenvalue weighted by Crippen LogP contribution is -2.24. The molecule has 0 spiro atoms. The number of aryl methyl sites for hydroxylation is 1. The van der Waals surface area contributed by atoms with E-state index in [0.29, 0.717) is 11.5 Å². The van der Waals surface area contributed by atoms with Crippen molar-refractivity contribution in [2.45, 2.75) is 25.4 Å². The van der Waals surface area contributed by atoms with Crippen LogP contribution in [0.4, 0.5) is 5.82 Å². The average molecular weight is 363 g/mol. The number of hydrogen-bond donors (Lipinski definition) is 1. The molecule has 0 aliphatic carbocycles. The Labute approximate surface area is 157 Å². The summed E-state index contributed by atoms with van der Waals surface area (Å²) >= 11 is 0. The zero-order valence-corrected chi connectivity index (χ0v) is 15.1. The number of carbonyl (C=O) groups is 1. The van der Waals surface area contributed by atoms with Gasteiger partial charge in [-0.05, 0) is 31.5 Å². The Morgan fingerprint density at radius 2 is 2.22 bits per heavy atom. The Kier molecular flexibility index (Phi) is 4.88. The van der Waals surface area contributed by atoms with E-state index in [0.717, 1.165) is 31.6 Å². The fraction of sp³-hybridized carbons (Fsp3) is 0.316. The van der Waals surface area contributed by atoms with Crippen molar-refractivity contribution in [1.82, 2.24) is 29.6 Å². The SMILES string of the molecule is Cn1cc(CN2CCCC2c2cccc(C(=O)Nc3cnccn3)n2)cn1. The fourth-order valence-electron chi connectivity index (χ4n) is 3.45. The van der Waals surface area contributed by atoms with E-state index >= 15 is 0 Å². The zero-order valence-electron chi connectivity index (χ0n) is 15.1. The quantitative estimate of drug-likeness (QED) is 0.747. The van der Waals surface area contributed by atoms with Crippen molar-refractivity contribution in [3.63, 3.8) is 0 Å². The van der Waals surface area contributed by atoms with Crippen LogP contribution in [-0.4, -0.2) is 42.1 Å². The molecule has 1 unspecified atom stereocenters. The van der Waals surface area contributed by atoms with E-state index in [1.807, 2.05) is 36.3 Å². The molecule has 0 radical (unpaired) electrons. The van der Waals surface area contributed by atoms with Crippen LogP contribution >= 0.6 is 0 Å². The number of aromatic nitrogens is 5. The minimum Gasteiger partial charge on any atom is -0.304 e. The third kappa shape index (κ3) is 4.01. The maximum atomic E-state index is 12.5. The summed E-state index contributed by atoms with van der Waals surface area (Å²) in [5.41, 5.74) is 2.48. The third-order valence-electron chi connectivity index (χ3n) is 4.66. The van der Waals surface area contributed by atoms with Gasteiger partial charge >= 0.3 is 0 Å². The molecule has 3 aromatic heterocycles. The fourth-order valence-corrected chi connectivity index (χ4v) is 3.45. The Morgan fingerprint density at radius 3 is 3.00 bits per heavy atom. The summed E-state index contributed by atoms with van der Waals surface area (Å²) in [6.07, 6.45) is 10.7. The molecule has 138 valence electrons. The highest BCUT2D eigenvalue weighted by molar-refractivity contribution is 6.02. The first kappa shape index (κ1) is 17.3. The van der Waals surface area contributed by atoms with Gasteiger partial charge in [0.25, 0.3) is 5.91 Å². The molecule has 27 heavy (non-hydrogen) atoms. The van der Waals surface area contributed by atoms with Crippen LogP contribution in [0.5, 0.6) is 0 Å². The van der Waals surface area contributed by atoms with Gasteiger partial charge in [0.1, 0.15) is 5.69 Å². The summed E-state index contributed by atoms with van der Waals surface area (Å²) < 4.78 is 1.82. The van der Waals surface area contributed by atoms with Gasteiger partial charge in [-0.25, -0.2) is 9.97 Å². The van der Waals surface area contributed by atoms with Gasteiger partial charge in [-0.2, -0.15) is 5.10 Å². The van der Waals surface area contributed by atoms with Gasteiger partial charge in [-0.3, -0.25) is 19.4 Å². The summed E-state index contributed by atoms with van der Waals surface area (Å²) in [5.74, 6) is 0.128. The topological polar surface area (TPSA) is 88.8 Å². The average Bonchev–Trinajstić information content (AvgIpc) is 3.32. The molecule has 1 atom stereocenters. The maximum absolute atomic E-state index is 12.5. The van der Waals surface area contributed by atoms with E-state index < -0.39 is 0 Å². The summed E-state index contributed by atoms with van der Waals surface area (Å²) in [6, 6.07) is 5.80. The highest BCUT2D eigenvalue weighted by atomic mass is 16.1. The summed E-state index contributed by atoms with van der Waals surface area (Å²) in [5, 5.41) is 6.97. The van der Waals surface area contributed by atoms with Crippen molar-refractivity contribution >= 4 is 11.7 Å². The number of nitrogens with one attached hydrogen (secondary N) is 1. The predicted octanol–water partition coefficient (Wildman–Crippen LogP) is 2.19. The molecule has 1 saturated heterocycles. The lowest BCUT2D eigenvalue weighted by molar-refractivity contribution is 0.102. The molecule has 4 rings (SSSR count). The lowest BCUT2D eigenvalue weighted by atomic mass is 10.1. The highest BCUT2D eigenvalue weighted by Crippen LogP contribution is 2.32. The number of rotatable bonds is 5. The number of carbonyl (C=O) groups excluding carboxylic acids is 1. The minimum atomic E-state index is -0.283. The standard InChI is InChI=1S/C19H21N7O/c1-25-12-14(10-22-25)13-26-9-3-6-17(26)15-4-2-5-16(23-15)19(27)24-18-11-20-7-8-21-18/h2,4-5,7-8,10-12,17H,3,6,9,13H2,1H3,(H,21,24,27). The molecule has 1 amide bonds. The Bertz CT molecular complexity index is 925. The van der Waals surface area contributed by atoms with Crippen molar-refractivity contribution in [3.05, 3.63) is 66.1 Å². The minimum absolute atomic E-state index is 0.203. The van der Waals surface area contributed by atoms with E-state index in [1.165, 1.54) is 18.0 Å². The molecule has 4 heterocycles. The van der Waals surface area contributed by atoms with Crippen LogP contribution in [0.3, 0.4) is 0 Å². The second-order valence-electron chi connectivity index (χ2n) is 6.64. The van der Waals surface area contributed by atoms with Gasteiger partial charge in [0.15, 0.2) is 5.82 Å². The van der Waals surface area contributed by atoms with E-state index in [2.05, 4.69) is 30.3 Å². The number of anilines is 1. The number of nitrogens with zero attached hydrogens (tertiary/aromatic N) is 6. The number of likely N-dealkylation sites (tertiary alicyclic amines) is 1. The number of hydrogen-bond acceptors (Lipinski definition) is 6. The van der Waals surface area contributed by atoms with Gasteiger partial charge in [0.05, 0.1) is 24.1 Å². The highest BCUT2D eigenvalue weighted by Gasteiger charge is 2.28. The predicted molar refractivity (Wildman–Crippen MR) is 99.8 cm³/mol. The molecular weight excluding hydrogens is 342 g/mol. The summed E-state index contributed by atoms with van der Waals surface area (Å²) in [6.45, 7) is 1.84. The van der Waals surface area contributed by atoms with E-state index in [9.17, 15) is 4.79 Å². The van der Waals surface area contributed by atoms with Crippen LogP contribution in [-0.2, 0) is 13.6 Å². The molecule has 1 aliphatic rings. The molecule has 0 saturated carbocycles. The van der Waals surface area contributed by atoms with Gasteiger partial charge < -0.3 is 5.32 Å². The van der Waals surface area contributed by atoms with Crippen molar-refractivity contribution in [3.8, 4) is 0 Å². The summed E-state index contributed by atoms with van der Waals surface area (Å²) in [4.78, 5) is 27.5. The second-order valence-corrected chi connectivity index (χ2v) is 6.64. The summed E-state index contributed by atoms with van der Waals surface area (Å²) in [7, 11) is 1.92. The van der Waals surface area contributed by atoms with Crippen LogP contribution in [0.2, 0.25) is 0 Å².